The molecule has 0 bridgehead atoms. The normalized spacial score (nSPS) is 27.0. The highest BCUT2D eigenvalue weighted by Gasteiger charge is 2.42. The topological polar surface area (TPSA) is 58.6 Å². The summed E-state index contributed by atoms with van der Waals surface area (Å²) in [6.45, 7) is 4.00. The molecule has 1 aromatic carbocycles. The Morgan fingerprint density at radius 3 is 2.84 bits per heavy atom. The Labute approximate surface area is 111 Å². The molecule has 4 nitrogen and oxygen atoms in total. The number of carbonyl (C=O) groups is 1. The summed E-state index contributed by atoms with van der Waals surface area (Å²) < 4.78 is 18.8. The van der Waals surface area contributed by atoms with Gasteiger partial charge in [0.2, 0.25) is 0 Å². The minimum absolute atomic E-state index is 0.132. The molecule has 0 aromatic heterocycles. The SMILES string of the molecule is Cc1cc(F)cc(NC2(C(=O)O)CCOC(C)C2)c1. The van der Waals surface area contributed by atoms with Gasteiger partial charge in [0.1, 0.15) is 11.4 Å². The molecular formula is C14H18FNO3. The van der Waals surface area contributed by atoms with Crippen LogP contribution in [0.25, 0.3) is 0 Å². The van der Waals surface area contributed by atoms with Crippen LogP contribution in [0.4, 0.5) is 10.1 Å². The smallest absolute Gasteiger partial charge is 0.329 e. The quantitative estimate of drug-likeness (QED) is 0.883. The van der Waals surface area contributed by atoms with E-state index in [2.05, 4.69) is 5.32 Å². The molecule has 2 N–H and O–H groups in total. The number of benzene rings is 1. The van der Waals surface area contributed by atoms with Gasteiger partial charge in [-0.05, 0) is 37.6 Å². The van der Waals surface area contributed by atoms with Crippen molar-refractivity contribution in [2.45, 2.75) is 38.3 Å². The maximum Gasteiger partial charge on any atom is 0.329 e. The van der Waals surface area contributed by atoms with Gasteiger partial charge >= 0.3 is 5.97 Å². The molecule has 0 aliphatic carbocycles. The highest BCUT2D eigenvalue weighted by atomic mass is 19.1. The summed E-state index contributed by atoms with van der Waals surface area (Å²) in [6, 6.07) is 4.47. The van der Waals surface area contributed by atoms with Gasteiger partial charge in [-0.15, -0.1) is 0 Å². The number of aryl methyl sites for hydroxylation is 1. The lowest BCUT2D eigenvalue weighted by atomic mass is 9.86. The number of ether oxygens (including phenoxy) is 1. The van der Waals surface area contributed by atoms with E-state index in [0.717, 1.165) is 5.56 Å². The third-order valence-electron chi connectivity index (χ3n) is 3.40. The fraction of sp³-hybridized carbons (Fsp3) is 0.500. The lowest BCUT2D eigenvalue weighted by Crippen LogP contribution is -2.52. The second kappa shape index (κ2) is 5.17. The molecule has 19 heavy (non-hydrogen) atoms. The molecule has 2 rings (SSSR count). The van der Waals surface area contributed by atoms with Crippen molar-refractivity contribution in [2.75, 3.05) is 11.9 Å². The monoisotopic (exact) mass is 267 g/mol. The van der Waals surface area contributed by atoms with E-state index in [4.69, 9.17) is 4.74 Å². The molecule has 104 valence electrons. The van der Waals surface area contributed by atoms with E-state index < -0.39 is 11.5 Å². The maximum atomic E-state index is 13.4. The molecule has 0 radical (unpaired) electrons. The predicted molar refractivity (Wildman–Crippen MR) is 69.8 cm³/mol. The van der Waals surface area contributed by atoms with Crippen LogP contribution in [0.3, 0.4) is 0 Å². The number of halogens is 1. The lowest BCUT2D eigenvalue weighted by Gasteiger charge is -2.37. The largest absolute Gasteiger partial charge is 0.480 e. The summed E-state index contributed by atoms with van der Waals surface area (Å²) >= 11 is 0. The van der Waals surface area contributed by atoms with E-state index in [9.17, 15) is 14.3 Å². The zero-order chi connectivity index (χ0) is 14.0. The highest BCUT2D eigenvalue weighted by molar-refractivity contribution is 5.83. The first kappa shape index (κ1) is 13.8. The number of nitrogens with one attached hydrogen (secondary N) is 1. The van der Waals surface area contributed by atoms with Gasteiger partial charge in [-0.2, -0.15) is 0 Å². The minimum Gasteiger partial charge on any atom is -0.480 e. The Hall–Kier alpha value is -1.62. The average molecular weight is 267 g/mol. The van der Waals surface area contributed by atoms with Crippen LogP contribution in [0, 0.1) is 12.7 Å². The first-order valence-electron chi connectivity index (χ1n) is 6.32. The van der Waals surface area contributed by atoms with Crippen LogP contribution < -0.4 is 5.32 Å². The molecule has 1 aliphatic rings. The van der Waals surface area contributed by atoms with Crippen molar-refractivity contribution >= 4 is 11.7 Å². The number of carboxylic acids is 1. The molecule has 2 atom stereocenters. The average Bonchev–Trinajstić information content (AvgIpc) is 2.26. The molecule has 1 aromatic rings. The number of rotatable bonds is 3. The van der Waals surface area contributed by atoms with Gasteiger partial charge in [0.05, 0.1) is 6.10 Å². The lowest BCUT2D eigenvalue weighted by molar-refractivity contribution is -0.147. The van der Waals surface area contributed by atoms with Gasteiger partial charge in [-0.3, -0.25) is 0 Å². The summed E-state index contributed by atoms with van der Waals surface area (Å²) in [5.41, 5.74) is 0.162. The van der Waals surface area contributed by atoms with Crippen molar-refractivity contribution in [3.05, 3.63) is 29.6 Å². The van der Waals surface area contributed by atoms with Crippen molar-refractivity contribution in [1.29, 1.82) is 0 Å². The maximum absolute atomic E-state index is 13.4. The Morgan fingerprint density at radius 1 is 1.53 bits per heavy atom. The third-order valence-corrected chi connectivity index (χ3v) is 3.40. The fourth-order valence-corrected chi connectivity index (χ4v) is 2.53. The standard InChI is InChI=1S/C14H18FNO3/c1-9-5-11(15)7-12(6-9)16-14(13(17)18)3-4-19-10(2)8-14/h5-7,10,16H,3-4,8H2,1-2H3,(H,17,18). The van der Waals surface area contributed by atoms with Gasteiger partial charge in [-0.25, -0.2) is 9.18 Å². The van der Waals surface area contributed by atoms with E-state index in [1.165, 1.54) is 12.1 Å². The van der Waals surface area contributed by atoms with E-state index in [1.54, 1.807) is 13.0 Å². The molecule has 2 unspecified atom stereocenters. The summed E-state index contributed by atoms with van der Waals surface area (Å²) in [7, 11) is 0. The van der Waals surface area contributed by atoms with Gasteiger partial charge in [0.25, 0.3) is 0 Å². The first-order chi connectivity index (χ1) is 8.91. The number of hydrogen-bond donors (Lipinski definition) is 2. The molecule has 0 spiro atoms. The van der Waals surface area contributed by atoms with Crippen LogP contribution in [0.1, 0.15) is 25.3 Å². The van der Waals surface area contributed by atoms with Gasteiger partial charge in [0.15, 0.2) is 0 Å². The van der Waals surface area contributed by atoms with E-state index in [-0.39, 0.29) is 11.9 Å². The van der Waals surface area contributed by atoms with Crippen molar-refractivity contribution in [2.24, 2.45) is 0 Å². The van der Waals surface area contributed by atoms with E-state index in [1.807, 2.05) is 6.92 Å². The highest BCUT2D eigenvalue weighted by Crippen LogP contribution is 2.30. The van der Waals surface area contributed by atoms with Crippen molar-refractivity contribution in [3.63, 3.8) is 0 Å². The number of carboxylic acid groups (broad SMARTS) is 1. The summed E-state index contributed by atoms with van der Waals surface area (Å²) in [5.74, 6) is -1.30. The number of hydrogen-bond acceptors (Lipinski definition) is 3. The van der Waals surface area contributed by atoms with Crippen LogP contribution in [0.15, 0.2) is 18.2 Å². The van der Waals surface area contributed by atoms with E-state index in [0.29, 0.717) is 25.1 Å². The van der Waals surface area contributed by atoms with Gasteiger partial charge in [0, 0.05) is 25.1 Å². The van der Waals surface area contributed by atoms with Crippen molar-refractivity contribution in [3.8, 4) is 0 Å². The summed E-state index contributed by atoms with van der Waals surface area (Å²) in [4.78, 5) is 11.6. The van der Waals surface area contributed by atoms with Crippen LogP contribution >= 0.6 is 0 Å². The molecule has 1 heterocycles. The van der Waals surface area contributed by atoms with Gasteiger partial charge in [-0.1, -0.05) is 0 Å². The van der Waals surface area contributed by atoms with Crippen LogP contribution in [0.5, 0.6) is 0 Å². The molecule has 0 amide bonds. The first-order valence-corrected chi connectivity index (χ1v) is 6.32. The Balaban J connectivity index is 2.28. The molecule has 0 saturated carbocycles. The Kier molecular flexibility index (Phi) is 3.75. The number of aliphatic carboxylic acids is 1. The molecule has 5 heteroatoms. The summed E-state index contributed by atoms with van der Waals surface area (Å²) in [6.07, 6.45) is 0.590. The minimum atomic E-state index is -1.09. The van der Waals surface area contributed by atoms with Gasteiger partial charge < -0.3 is 15.2 Å². The van der Waals surface area contributed by atoms with Crippen LogP contribution in [-0.4, -0.2) is 29.3 Å². The Bertz CT molecular complexity index is 471. The Morgan fingerprint density at radius 2 is 2.26 bits per heavy atom. The third kappa shape index (κ3) is 3.04. The van der Waals surface area contributed by atoms with Crippen LogP contribution in [-0.2, 0) is 9.53 Å². The predicted octanol–water partition coefficient (Wildman–Crippen LogP) is 2.57. The number of anilines is 1. The fourth-order valence-electron chi connectivity index (χ4n) is 2.53. The molecule has 1 fully saturated rings. The molecule has 1 saturated heterocycles. The van der Waals surface area contributed by atoms with Crippen molar-refractivity contribution in [1.82, 2.24) is 0 Å². The zero-order valence-corrected chi connectivity index (χ0v) is 11.1. The van der Waals surface area contributed by atoms with Crippen molar-refractivity contribution < 1.29 is 19.0 Å². The second-order valence-electron chi connectivity index (χ2n) is 5.17. The van der Waals surface area contributed by atoms with Crippen LogP contribution in [0.2, 0.25) is 0 Å². The summed E-state index contributed by atoms with van der Waals surface area (Å²) in [5, 5.41) is 12.5. The zero-order valence-electron chi connectivity index (χ0n) is 11.1. The second-order valence-corrected chi connectivity index (χ2v) is 5.17. The van der Waals surface area contributed by atoms with E-state index >= 15 is 0 Å². The molecular weight excluding hydrogens is 249 g/mol. The molecule has 1 aliphatic heterocycles.